The fourth-order valence-corrected chi connectivity index (χ4v) is 1.76. The highest BCUT2D eigenvalue weighted by atomic mass is 16.6. The van der Waals surface area contributed by atoms with E-state index in [2.05, 4.69) is 18.7 Å². The second kappa shape index (κ2) is 10.8. The van der Waals surface area contributed by atoms with Gasteiger partial charge in [0.25, 0.3) is 0 Å². The lowest BCUT2D eigenvalue weighted by Gasteiger charge is -2.29. The van der Waals surface area contributed by atoms with Crippen LogP contribution in [0.3, 0.4) is 0 Å². The van der Waals surface area contributed by atoms with E-state index in [0.717, 1.165) is 19.6 Å². The van der Waals surface area contributed by atoms with Crippen molar-refractivity contribution in [1.29, 1.82) is 0 Å². The summed E-state index contributed by atoms with van der Waals surface area (Å²) < 4.78 is 10.7. The van der Waals surface area contributed by atoms with Gasteiger partial charge < -0.3 is 24.4 Å². The number of aliphatic hydroxyl groups excluding tert-OH is 1. The van der Waals surface area contributed by atoms with Crippen molar-refractivity contribution in [2.45, 2.75) is 40.2 Å². The Kier molecular flexibility index (Phi) is 10.4. The summed E-state index contributed by atoms with van der Waals surface area (Å²) in [5, 5.41) is 8.70. The minimum Gasteiger partial charge on any atom is -0.444 e. The second-order valence-electron chi connectivity index (χ2n) is 5.83. The normalized spacial score (nSPS) is 11.8. The van der Waals surface area contributed by atoms with Gasteiger partial charge in [-0.25, -0.2) is 4.79 Å². The summed E-state index contributed by atoms with van der Waals surface area (Å²) in [7, 11) is 0. The Hall–Kier alpha value is -0.850. The van der Waals surface area contributed by atoms with Gasteiger partial charge in [-0.15, -0.1) is 0 Å². The lowest BCUT2D eigenvalue weighted by Crippen LogP contribution is -2.43. The van der Waals surface area contributed by atoms with Crippen LogP contribution in [0.4, 0.5) is 4.79 Å². The molecule has 126 valence electrons. The molecule has 21 heavy (non-hydrogen) atoms. The molecule has 0 aliphatic carbocycles. The molecule has 0 unspecified atom stereocenters. The molecule has 1 N–H and O–H groups in total. The topological polar surface area (TPSA) is 62.2 Å². The molecule has 0 rings (SSSR count). The lowest BCUT2D eigenvalue weighted by molar-refractivity contribution is 0.0137. The molecule has 0 fully saturated rings. The van der Waals surface area contributed by atoms with E-state index in [9.17, 15) is 4.79 Å². The molecule has 0 spiro atoms. The van der Waals surface area contributed by atoms with Gasteiger partial charge >= 0.3 is 6.09 Å². The molecule has 0 aliphatic heterocycles. The number of nitrogens with zero attached hydrogens (tertiary/aromatic N) is 2. The molecular weight excluding hydrogens is 272 g/mol. The molecule has 0 saturated carbocycles. The summed E-state index contributed by atoms with van der Waals surface area (Å²) in [6.45, 7) is 14.3. The maximum absolute atomic E-state index is 12.2. The smallest absolute Gasteiger partial charge is 0.410 e. The number of carbonyl (C=O) groups is 1. The first kappa shape index (κ1) is 20.1. The largest absolute Gasteiger partial charge is 0.444 e. The van der Waals surface area contributed by atoms with Crippen molar-refractivity contribution in [3.8, 4) is 0 Å². The molecule has 0 aliphatic rings. The van der Waals surface area contributed by atoms with Gasteiger partial charge in [0.2, 0.25) is 0 Å². The summed E-state index contributed by atoms with van der Waals surface area (Å²) in [6, 6.07) is 0. The molecule has 0 aromatic rings. The van der Waals surface area contributed by atoms with Gasteiger partial charge in [0.15, 0.2) is 0 Å². The van der Waals surface area contributed by atoms with Crippen molar-refractivity contribution in [3.05, 3.63) is 0 Å². The van der Waals surface area contributed by atoms with Crippen molar-refractivity contribution in [3.63, 3.8) is 0 Å². The Morgan fingerprint density at radius 3 is 2.14 bits per heavy atom. The van der Waals surface area contributed by atoms with Crippen LogP contribution in [0.15, 0.2) is 0 Å². The monoisotopic (exact) mass is 304 g/mol. The molecule has 0 radical (unpaired) electrons. The number of hydrogen-bond acceptors (Lipinski definition) is 5. The number of amides is 1. The van der Waals surface area contributed by atoms with E-state index in [1.54, 1.807) is 4.90 Å². The van der Waals surface area contributed by atoms with Gasteiger partial charge in [-0.1, -0.05) is 13.8 Å². The maximum Gasteiger partial charge on any atom is 0.410 e. The molecule has 6 heteroatoms. The van der Waals surface area contributed by atoms with Gasteiger partial charge in [-0.05, 0) is 33.9 Å². The Labute approximate surface area is 129 Å². The Morgan fingerprint density at radius 1 is 1.05 bits per heavy atom. The quantitative estimate of drug-likeness (QED) is 0.621. The van der Waals surface area contributed by atoms with Crippen LogP contribution in [0.1, 0.15) is 34.6 Å². The van der Waals surface area contributed by atoms with Gasteiger partial charge in [-0.3, -0.25) is 0 Å². The number of aliphatic hydroxyl groups is 1. The summed E-state index contributed by atoms with van der Waals surface area (Å²) >= 11 is 0. The van der Waals surface area contributed by atoms with E-state index in [1.807, 2.05) is 20.8 Å². The minimum absolute atomic E-state index is 0.00805. The first-order valence-electron chi connectivity index (χ1n) is 7.72. The predicted octanol–water partition coefficient (Wildman–Crippen LogP) is 1.57. The van der Waals surface area contributed by atoms with E-state index in [4.69, 9.17) is 14.6 Å². The summed E-state index contributed by atoms with van der Waals surface area (Å²) in [4.78, 5) is 16.1. The molecule has 6 nitrogen and oxygen atoms in total. The average molecular weight is 304 g/mol. The third-order valence-electron chi connectivity index (χ3n) is 2.97. The number of carbonyl (C=O) groups excluding carboxylic acids is 1. The number of likely N-dealkylation sites (N-methyl/N-ethyl adjacent to an activating group) is 1. The molecule has 0 aromatic carbocycles. The van der Waals surface area contributed by atoms with E-state index in [-0.39, 0.29) is 19.3 Å². The van der Waals surface area contributed by atoms with Crippen LogP contribution in [0.25, 0.3) is 0 Å². The third kappa shape index (κ3) is 10.5. The third-order valence-corrected chi connectivity index (χ3v) is 2.97. The fraction of sp³-hybridized carbons (Fsp3) is 0.933. The Morgan fingerprint density at radius 2 is 1.67 bits per heavy atom. The van der Waals surface area contributed by atoms with E-state index >= 15 is 0 Å². The first-order valence-corrected chi connectivity index (χ1v) is 7.72. The van der Waals surface area contributed by atoms with Crippen LogP contribution < -0.4 is 0 Å². The van der Waals surface area contributed by atoms with Crippen LogP contribution in [0.2, 0.25) is 0 Å². The summed E-state index contributed by atoms with van der Waals surface area (Å²) in [6.07, 6.45) is -0.317. The highest BCUT2D eigenvalue weighted by Crippen LogP contribution is 2.10. The van der Waals surface area contributed by atoms with Crippen LogP contribution in [-0.2, 0) is 9.47 Å². The van der Waals surface area contributed by atoms with Crippen molar-refractivity contribution in [1.82, 2.24) is 9.80 Å². The van der Waals surface area contributed by atoms with Crippen molar-refractivity contribution in [2.75, 3.05) is 52.5 Å². The van der Waals surface area contributed by atoms with Gasteiger partial charge in [0.05, 0.1) is 19.8 Å². The number of ether oxygens (including phenoxy) is 2. The van der Waals surface area contributed by atoms with Crippen molar-refractivity contribution < 1.29 is 19.4 Å². The van der Waals surface area contributed by atoms with Crippen LogP contribution in [-0.4, -0.2) is 79.1 Å². The van der Waals surface area contributed by atoms with Crippen LogP contribution in [0, 0.1) is 0 Å². The molecule has 0 bridgehead atoms. The summed E-state index contributed by atoms with van der Waals surface area (Å²) in [5.74, 6) is 0. The van der Waals surface area contributed by atoms with Crippen LogP contribution >= 0.6 is 0 Å². The standard InChI is InChI=1S/C15H32N2O4/c1-6-16(7-2)8-9-17(10-12-20-13-11-18)14(19)21-15(3,4)5/h18H,6-13H2,1-5H3. The van der Waals surface area contributed by atoms with Gasteiger partial charge in [0, 0.05) is 19.6 Å². The van der Waals surface area contributed by atoms with E-state index < -0.39 is 5.60 Å². The lowest BCUT2D eigenvalue weighted by atomic mass is 10.2. The van der Waals surface area contributed by atoms with Gasteiger partial charge in [-0.2, -0.15) is 0 Å². The maximum atomic E-state index is 12.2. The number of hydrogen-bond donors (Lipinski definition) is 1. The molecule has 0 saturated heterocycles. The second-order valence-corrected chi connectivity index (χ2v) is 5.83. The van der Waals surface area contributed by atoms with Crippen molar-refractivity contribution >= 4 is 6.09 Å². The molecular formula is C15H32N2O4. The van der Waals surface area contributed by atoms with Gasteiger partial charge in [0.1, 0.15) is 5.60 Å². The molecule has 0 atom stereocenters. The van der Waals surface area contributed by atoms with Crippen LogP contribution in [0.5, 0.6) is 0 Å². The molecule has 1 amide bonds. The Balaban J connectivity index is 4.42. The Bertz CT molecular complexity index is 275. The summed E-state index contributed by atoms with van der Waals surface area (Å²) in [5.41, 5.74) is -0.503. The highest BCUT2D eigenvalue weighted by Gasteiger charge is 2.22. The average Bonchev–Trinajstić information content (AvgIpc) is 2.40. The SMILES string of the molecule is CCN(CC)CCN(CCOCCO)C(=O)OC(C)(C)C. The highest BCUT2D eigenvalue weighted by molar-refractivity contribution is 5.68. The predicted molar refractivity (Wildman–Crippen MR) is 83.5 cm³/mol. The molecule has 0 aromatic heterocycles. The zero-order chi connectivity index (χ0) is 16.3. The van der Waals surface area contributed by atoms with E-state index in [0.29, 0.717) is 19.7 Å². The first-order chi connectivity index (χ1) is 9.84. The van der Waals surface area contributed by atoms with Crippen molar-refractivity contribution in [2.24, 2.45) is 0 Å². The zero-order valence-corrected chi connectivity index (χ0v) is 14.2. The zero-order valence-electron chi connectivity index (χ0n) is 14.2. The minimum atomic E-state index is -0.503. The number of rotatable bonds is 10. The molecule has 0 heterocycles. The fourth-order valence-electron chi connectivity index (χ4n) is 1.76. The van der Waals surface area contributed by atoms with E-state index in [1.165, 1.54) is 0 Å².